The lowest BCUT2D eigenvalue weighted by atomic mass is 10.2. The summed E-state index contributed by atoms with van der Waals surface area (Å²) in [6.07, 6.45) is 0.0673. The Balaban J connectivity index is 2.38. The van der Waals surface area contributed by atoms with Crippen molar-refractivity contribution in [2.24, 2.45) is 0 Å². The van der Waals surface area contributed by atoms with Crippen LogP contribution in [0.1, 0.15) is 20.8 Å². The number of ether oxygens (including phenoxy) is 1. The van der Waals surface area contributed by atoms with E-state index in [-0.39, 0.29) is 6.10 Å². The SMILES string of the molecule is CC1CN(C[C@H](C)O)C(C)CO1. The van der Waals surface area contributed by atoms with Crippen molar-refractivity contribution in [2.75, 3.05) is 19.7 Å². The maximum atomic E-state index is 9.23. The number of aliphatic hydroxyl groups is 1. The molecule has 0 amide bonds. The highest BCUT2D eigenvalue weighted by Crippen LogP contribution is 2.11. The van der Waals surface area contributed by atoms with Crippen LogP contribution in [0.4, 0.5) is 0 Å². The van der Waals surface area contributed by atoms with Crippen LogP contribution in [0.15, 0.2) is 0 Å². The van der Waals surface area contributed by atoms with Crippen LogP contribution in [0.25, 0.3) is 0 Å². The summed E-state index contributed by atoms with van der Waals surface area (Å²) in [7, 11) is 0. The normalized spacial score (nSPS) is 35.0. The van der Waals surface area contributed by atoms with Gasteiger partial charge in [-0.1, -0.05) is 0 Å². The highest BCUT2D eigenvalue weighted by Gasteiger charge is 2.23. The van der Waals surface area contributed by atoms with Crippen molar-refractivity contribution in [2.45, 2.75) is 39.0 Å². The van der Waals surface area contributed by atoms with Gasteiger partial charge in [0.2, 0.25) is 0 Å². The van der Waals surface area contributed by atoms with Gasteiger partial charge in [-0.05, 0) is 20.8 Å². The van der Waals surface area contributed by atoms with Gasteiger partial charge in [0, 0.05) is 19.1 Å². The van der Waals surface area contributed by atoms with Crippen molar-refractivity contribution in [3.05, 3.63) is 0 Å². The first-order valence-corrected chi connectivity index (χ1v) is 4.63. The number of hydrogen-bond acceptors (Lipinski definition) is 3. The molecule has 0 aromatic carbocycles. The van der Waals surface area contributed by atoms with Crippen molar-refractivity contribution in [1.29, 1.82) is 0 Å². The van der Waals surface area contributed by atoms with Gasteiger partial charge in [0.25, 0.3) is 0 Å². The molecule has 0 aliphatic carbocycles. The molecule has 72 valence electrons. The van der Waals surface area contributed by atoms with Crippen LogP contribution in [0.5, 0.6) is 0 Å². The summed E-state index contributed by atoms with van der Waals surface area (Å²) in [5.41, 5.74) is 0. The van der Waals surface area contributed by atoms with Gasteiger partial charge in [0.1, 0.15) is 0 Å². The van der Waals surface area contributed by atoms with E-state index in [1.807, 2.05) is 6.92 Å². The van der Waals surface area contributed by atoms with Gasteiger partial charge in [-0.3, -0.25) is 4.90 Å². The number of β-amino-alcohol motifs (C(OH)–C–C–N with tert-alkyl or cyclic N) is 1. The molecule has 3 nitrogen and oxygen atoms in total. The first kappa shape index (κ1) is 9.96. The lowest BCUT2D eigenvalue weighted by Gasteiger charge is -2.37. The van der Waals surface area contributed by atoms with Gasteiger partial charge >= 0.3 is 0 Å². The molecule has 0 radical (unpaired) electrons. The fourth-order valence-electron chi connectivity index (χ4n) is 1.57. The Kier molecular flexibility index (Phi) is 3.50. The van der Waals surface area contributed by atoms with Gasteiger partial charge in [0.15, 0.2) is 0 Å². The predicted octanol–water partition coefficient (Wildman–Crippen LogP) is 0.476. The summed E-state index contributed by atoms with van der Waals surface area (Å²) in [6, 6.07) is 0.441. The fourth-order valence-corrected chi connectivity index (χ4v) is 1.57. The summed E-state index contributed by atoms with van der Waals surface area (Å²) in [5, 5.41) is 9.23. The third-order valence-electron chi connectivity index (χ3n) is 2.24. The molecule has 1 heterocycles. The maximum absolute atomic E-state index is 9.23. The molecule has 0 bridgehead atoms. The van der Waals surface area contributed by atoms with E-state index in [1.54, 1.807) is 0 Å². The molecule has 0 aromatic heterocycles. The van der Waals surface area contributed by atoms with Gasteiger partial charge in [-0.15, -0.1) is 0 Å². The van der Waals surface area contributed by atoms with E-state index < -0.39 is 0 Å². The van der Waals surface area contributed by atoms with Crippen molar-refractivity contribution >= 4 is 0 Å². The number of rotatable bonds is 2. The molecule has 1 saturated heterocycles. The van der Waals surface area contributed by atoms with Crippen LogP contribution in [0.3, 0.4) is 0 Å². The van der Waals surface area contributed by atoms with Crippen LogP contribution >= 0.6 is 0 Å². The van der Waals surface area contributed by atoms with E-state index in [1.165, 1.54) is 0 Å². The smallest absolute Gasteiger partial charge is 0.0674 e. The topological polar surface area (TPSA) is 32.7 Å². The summed E-state index contributed by atoms with van der Waals surface area (Å²) < 4.78 is 5.48. The third kappa shape index (κ3) is 2.73. The molecule has 3 heteroatoms. The molecule has 1 fully saturated rings. The summed E-state index contributed by atoms with van der Waals surface area (Å²) in [5.74, 6) is 0. The average Bonchev–Trinajstić information content (AvgIpc) is 1.96. The quantitative estimate of drug-likeness (QED) is 0.659. The van der Waals surface area contributed by atoms with Crippen LogP contribution in [-0.4, -0.2) is 48.0 Å². The Morgan fingerprint density at radius 1 is 1.58 bits per heavy atom. The first-order valence-electron chi connectivity index (χ1n) is 4.63. The Labute approximate surface area is 74.3 Å². The number of nitrogens with zero attached hydrogens (tertiary/aromatic N) is 1. The molecule has 2 unspecified atom stereocenters. The zero-order valence-electron chi connectivity index (χ0n) is 8.16. The molecular formula is C9H19NO2. The highest BCUT2D eigenvalue weighted by atomic mass is 16.5. The minimum absolute atomic E-state index is 0.238. The van der Waals surface area contributed by atoms with Crippen LogP contribution in [0, 0.1) is 0 Å². The maximum Gasteiger partial charge on any atom is 0.0674 e. The lowest BCUT2D eigenvalue weighted by molar-refractivity contribution is -0.0599. The molecule has 12 heavy (non-hydrogen) atoms. The molecule has 1 rings (SSSR count). The van der Waals surface area contributed by atoms with Crippen molar-refractivity contribution in [3.63, 3.8) is 0 Å². The second-order valence-electron chi connectivity index (χ2n) is 3.80. The Morgan fingerprint density at radius 2 is 2.25 bits per heavy atom. The Hall–Kier alpha value is -0.120. The van der Waals surface area contributed by atoms with Gasteiger partial charge in [0.05, 0.1) is 18.8 Å². The minimum Gasteiger partial charge on any atom is -0.392 e. The van der Waals surface area contributed by atoms with Crippen LogP contribution in [0.2, 0.25) is 0 Å². The highest BCUT2D eigenvalue weighted by molar-refractivity contribution is 4.76. The summed E-state index contributed by atoms with van der Waals surface area (Å²) >= 11 is 0. The number of morpholine rings is 1. The first-order chi connectivity index (χ1) is 5.59. The summed E-state index contributed by atoms with van der Waals surface area (Å²) in [4.78, 5) is 2.28. The van der Waals surface area contributed by atoms with E-state index >= 15 is 0 Å². The number of aliphatic hydroxyl groups excluding tert-OH is 1. The molecule has 1 aliphatic rings. The lowest BCUT2D eigenvalue weighted by Crippen LogP contribution is -2.49. The molecule has 0 saturated carbocycles. The standard InChI is InChI=1S/C9H19NO2/c1-7-6-12-9(3)5-10(7)4-8(2)11/h7-9,11H,4-6H2,1-3H3/t7?,8-,9?/m0/s1. The Morgan fingerprint density at radius 3 is 2.83 bits per heavy atom. The molecule has 1 aliphatic heterocycles. The largest absolute Gasteiger partial charge is 0.392 e. The third-order valence-corrected chi connectivity index (χ3v) is 2.24. The fraction of sp³-hybridized carbons (Fsp3) is 1.00. The van der Waals surface area contributed by atoms with E-state index in [0.29, 0.717) is 12.1 Å². The zero-order valence-corrected chi connectivity index (χ0v) is 8.16. The summed E-state index contributed by atoms with van der Waals surface area (Å²) in [6.45, 7) is 8.51. The second kappa shape index (κ2) is 4.21. The molecule has 3 atom stereocenters. The number of hydrogen-bond donors (Lipinski definition) is 1. The minimum atomic E-state index is -0.238. The van der Waals surface area contributed by atoms with Crippen molar-refractivity contribution in [1.82, 2.24) is 4.90 Å². The van der Waals surface area contributed by atoms with E-state index in [2.05, 4.69) is 18.7 Å². The van der Waals surface area contributed by atoms with Gasteiger partial charge in [-0.25, -0.2) is 0 Å². The van der Waals surface area contributed by atoms with Gasteiger partial charge < -0.3 is 9.84 Å². The zero-order chi connectivity index (χ0) is 9.14. The predicted molar refractivity (Wildman–Crippen MR) is 48.1 cm³/mol. The monoisotopic (exact) mass is 173 g/mol. The van der Waals surface area contributed by atoms with E-state index in [9.17, 15) is 5.11 Å². The van der Waals surface area contributed by atoms with Crippen molar-refractivity contribution in [3.8, 4) is 0 Å². The second-order valence-corrected chi connectivity index (χ2v) is 3.80. The van der Waals surface area contributed by atoms with Crippen molar-refractivity contribution < 1.29 is 9.84 Å². The molecule has 0 spiro atoms. The van der Waals surface area contributed by atoms with Gasteiger partial charge in [-0.2, -0.15) is 0 Å². The molecule has 0 aromatic rings. The van der Waals surface area contributed by atoms with Crippen LogP contribution in [-0.2, 0) is 4.74 Å². The Bertz CT molecular complexity index is 136. The van der Waals surface area contributed by atoms with Crippen LogP contribution < -0.4 is 0 Å². The average molecular weight is 173 g/mol. The van der Waals surface area contributed by atoms with E-state index in [0.717, 1.165) is 19.7 Å². The van der Waals surface area contributed by atoms with E-state index in [4.69, 9.17) is 4.74 Å². The molecule has 1 N–H and O–H groups in total. The molecular weight excluding hydrogens is 154 g/mol.